The van der Waals surface area contributed by atoms with Gasteiger partial charge in [-0.15, -0.1) is 0 Å². The molecular formula is C9H6OSe. The Labute approximate surface area is 70.0 Å². The molecule has 2 rings (SSSR count). The van der Waals surface area contributed by atoms with Gasteiger partial charge in [0.2, 0.25) is 0 Å². The summed E-state index contributed by atoms with van der Waals surface area (Å²) in [6.07, 6.45) is 0. The molecule has 0 amide bonds. The first kappa shape index (κ1) is 6.83. The summed E-state index contributed by atoms with van der Waals surface area (Å²) in [6, 6.07) is 9.47. The molecule has 54 valence electrons. The van der Waals surface area contributed by atoms with Gasteiger partial charge in [-0.05, 0) is 0 Å². The Morgan fingerprint density at radius 1 is 1.09 bits per heavy atom. The zero-order valence-corrected chi connectivity index (χ0v) is 7.49. The van der Waals surface area contributed by atoms with E-state index in [2.05, 4.69) is 0 Å². The topological polar surface area (TPSA) is 17.1 Å². The minimum atomic E-state index is 0.147. The Morgan fingerprint density at radius 2 is 1.91 bits per heavy atom. The molecular weight excluding hydrogens is 203 g/mol. The van der Waals surface area contributed by atoms with Gasteiger partial charge in [-0.25, -0.2) is 0 Å². The molecule has 0 saturated carbocycles. The minimum absolute atomic E-state index is 0.147. The van der Waals surface area contributed by atoms with Crippen LogP contribution in [0.25, 0.3) is 9.65 Å². The molecule has 0 aliphatic rings. The summed E-state index contributed by atoms with van der Waals surface area (Å²) in [4.78, 5) is 13.2. The molecule has 0 saturated heterocycles. The van der Waals surface area contributed by atoms with Crippen LogP contribution in [0.15, 0.2) is 40.1 Å². The van der Waals surface area contributed by atoms with Gasteiger partial charge in [0.05, 0.1) is 0 Å². The van der Waals surface area contributed by atoms with Crippen molar-refractivity contribution >= 4 is 24.1 Å². The fourth-order valence-corrected chi connectivity index (χ4v) is 2.69. The molecule has 2 heteroatoms. The fourth-order valence-electron chi connectivity index (χ4n) is 1.03. The van der Waals surface area contributed by atoms with Gasteiger partial charge in [0.15, 0.2) is 0 Å². The number of fused-ring (bicyclic) bond motifs is 1. The second-order valence-electron chi connectivity index (χ2n) is 2.28. The summed E-state index contributed by atoms with van der Waals surface area (Å²) in [6.45, 7) is 0. The summed E-state index contributed by atoms with van der Waals surface area (Å²) in [5.74, 6) is 0. The molecule has 1 aromatic carbocycles. The summed E-state index contributed by atoms with van der Waals surface area (Å²) < 4.78 is 1.20. The SMILES string of the molecule is O=c1cc[se]c2ccccc12. The van der Waals surface area contributed by atoms with Gasteiger partial charge in [-0.1, -0.05) is 0 Å². The number of hydrogen-bond acceptors (Lipinski definition) is 1. The van der Waals surface area contributed by atoms with Crippen LogP contribution in [0.5, 0.6) is 0 Å². The monoisotopic (exact) mass is 210 g/mol. The van der Waals surface area contributed by atoms with Gasteiger partial charge in [0.1, 0.15) is 0 Å². The number of hydrogen-bond donors (Lipinski definition) is 0. The van der Waals surface area contributed by atoms with E-state index in [4.69, 9.17) is 0 Å². The van der Waals surface area contributed by atoms with Crippen LogP contribution in [0.2, 0.25) is 0 Å². The molecule has 0 N–H and O–H groups in total. The van der Waals surface area contributed by atoms with Crippen molar-refractivity contribution in [2.24, 2.45) is 0 Å². The first-order valence-electron chi connectivity index (χ1n) is 3.34. The molecule has 0 unspecified atom stereocenters. The average Bonchev–Trinajstić information content (AvgIpc) is 2.06. The van der Waals surface area contributed by atoms with Crippen LogP contribution in [0, 0.1) is 0 Å². The van der Waals surface area contributed by atoms with Crippen LogP contribution in [-0.2, 0) is 0 Å². The van der Waals surface area contributed by atoms with E-state index < -0.39 is 0 Å². The summed E-state index contributed by atoms with van der Waals surface area (Å²) in [5.41, 5.74) is 0.147. The Bertz CT molecular complexity index is 425. The van der Waals surface area contributed by atoms with Crippen molar-refractivity contribution in [3.63, 3.8) is 0 Å². The first-order chi connectivity index (χ1) is 5.38. The van der Waals surface area contributed by atoms with Crippen molar-refractivity contribution in [3.8, 4) is 0 Å². The first-order valence-corrected chi connectivity index (χ1v) is 5.19. The molecule has 0 fully saturated rings. The van der Waals surface area contributed by atoms with E-state index in [1.165, 1.54) is 4.26 Å². The van der Waals surface area contributed by atoms with Crippen LogP contribution in [0.1, 0.15) is 0 Å². The average molecular weight is 209 g/mol. The zero-order chi connectivity index (χ0) is 7.68. The van der Waals surface area contributed by atoms with Crippen molar-refractivity contribution in [2.75, 3.05) is 0 Å². The van der Waals surface area contributed by atoms with Crippen LogP contribution >= 0.6 is 0 Å². The van der Waals surface area contributed by atoms with Crippen molar-refractivity contribution in [1.29, 1.82) is 0 Å². The van der Waals surface area contributed by atoms with E-state index in [-0.39, 0.29) is 5.43 Å². The van der Waals surface area contributed by atoms with Crippen LogP contribution < -0.4 is 5.43 Å². The van der Waals surface area contributed by atoms with Crippen molar-refractivity contribution in [1.82, 2.24) is 0 Å². The van der Waals surface area contributed by atoms with Crippen molar-refractivity contribution < 1.29 is 0 Å². The molecule has 0 spiro atoms. The second kappa shape index (κ2) is 2.65. The van der Waals surface area contributed by atoms with Crippen LogP contribution in [0.4, 0.5) is 0 Å². The predicted molar refractivity (Wildman–Crippen MR) is 47.2 cm³/mol. The molecule has 0 radical (unpaired) electrons. The van der Waals surface area contributed by atoms with Gasteiger partial charge in [0.25, 0.3) is 0 Å². The van der Waals surface area contributed by atoms with E-state index in [1.807, 2.05) is 29.2 Å². The Morgan fingerprint density at radius 3 is 2.73 bits per heavy atom. The Kier molecular flexibility index (Phi) is 1.65. The van der Waals surface area contributed by atoms with Gasteiger partial charge >= 0.3 is 69.6 Å². The standard InChI is InChI=1S/C9H6OSe/c10-8-5-6-11-9-4-2-1-3-7(8)9/h1-6H. The van der Waals surface area contributed by atoms with Gasteiger partial charge in [-0.3, -0.25) is 0 Å². The van der Waals surface area contributed by atoms with E-state index in [0.717, 1.165) is 5.39 Å². The third kappa shape index (κ3) is 1.15. The zero-order valence-electron chi connectivity index (χ0n) is 5.78. The van der Waals surface area contributed by atoms with Crippen molar-refractivity contribution in [3.05, 3.63) is 45.5 Å². The van der Waals surface area contributed by atoms with Gasteiger partial charge < -0.3 is 0 Å². The molecule has 0 bridgehead atoms. The molecule has 0 aliphatic heterocycles. The Hall–Kier alpha value is -0.851. The maximum atomic E-state index is 11.2. The van der Waals surface area contributed by atoms with E-state index in [1.54, 1.807) is 6.07 Å². The third-order valence-corrected chi connectivity index (χ3v) is 3.42. The third-order valence-electron chi connectivity index (χ3n) is 1.57. The predicted octanol–water partition coefficient (Wildman–Crippen LogP) is 1.26. The maximum absolute atomic E-state index is 11.2. The Balaban J connectivity index is 3.03. The summed E-state index contributed by atoms with van der Waals surface area (Å²) >= 11 is 0.366. The van der Waals surface area contributed by atoms with E-state index >= 15 is 0 Å². The fraction of sp³-hybridized carbons (Fsp3) is 0. The van der Waals surface area contributed by atoms with Crippen LogP contribution in [-0.4, -0.2) is 14.5 Å². The van der Waals surface area contributed by atoms with Gasteiger partial charge in [-0.2, -0.15) is 0 Å². The van der Waals surface area contributed by atoms with E-state index in [0.29, 0.717) is 14.5 Å². The second-order valence-corrected chi connectivity index (χ2v) is 4.27. The molecule has 1 heterocycles. The van der Waals surface area contributed by atoms with Crippen LogP contribution in [0.3, 0.4) is 0 Å². The summed E-state index contributed by atoms with van der Waals surface area (Å²) in [5, 5.41) is 0.884. The molecule has 2 aromatic rings. The number of rotatable bonds is 0. The normalized spacial score (nSPS) is 10.2. The molecule has 1 aromatic heterocycles. The molecule has 0 atom stereocenters. The quantitative estimate of drug-likeness (QED) is 0.597. The van der Waals surface area contributed by atoms with Crippen molar-refractivity contribution in [2.45, 2.75) is 0 Å². The summed E-state index contributed by atoms with van der Waals surface area (Å²) in [7, 11) is 0. The molecule has 1 nitrogen and oxygen atoms in total. The van der Waals surface area contributed by atoms with Gasteiger partial charge in [0, 0.05) is 0 Å². The number of benzene rings is 1. The molecule has 11 heavy (non-hydrogen) atoms. The molecule has 0 aliphatic carbocycles. The van der Waals surface area contributed by atoms with E-state index in [9.17, 15) is 4.79 Å².